The zero-order valence-electron chi connectivity index (χ0n) is 14.0. The highest BCUT2D eigenvalue weighted by Crippen LogP contribution is 2.28. The maximum atomic E-state index is 12.7. The fraction of sp³-hybridized carbons (Fsp3) is 0.300. The van der Waals surface area contributed by atoms with Crippen LogP contribution in [-0.4, -0.2) is 17.0 Å². The molecule has 0 spiro atoms. The van der Waals surface area contributed by atoms with Gasteiger partial charge in [-0.15, -0.1) is 0 Å². The number of rotatable bonds is 1. The van der Waals surface area contributed by atoms with Gasteiger partial charge < -0.3 is 15.6 Å². The number of nitrogen functional groups attached to an aromatic ring is 1. The number of esters is 1. The van der Waals surface area contributed by atoms with E-state index in [4.69, 9.17) is 10.5 Å². The van der Waals surface area contributed by atoms with Crippen molar-refractivity contribution in [1.29, 1.82) is 0 Å². The Morgan fingerprint density at radius 1 is 1.04 bits per heavy atom. The number of benzene rings is 2. The van der Waals surface area contributed by atoms with Crippen LogP contribution in [0.15, 0.2) is 36.4 Å². The Hall–Kier alpha value is -2.82. The first-order chi connectivity index (χ1) is 12.1. The first-order valence-electron chi connectivity index (χ1n) is 8.52. The van der Waals surface area contributed by atoms with Crippen molar-refractivity contribution in [3.05, 3.63) is 58.7 Å². The van der Waals surface area contributed by atoms with E-state index < -0.39 is 11.9 Å². The van der Waals surface area contributed by atoms with Gasteiger partial charge in [0.2, 0.25) is 0 Å². The van der Waals surface area contributed by atoms with E-state index in [1.165, 1.54) is 0 Å². The fourth-order valence-electron chi connectivity index (χ4n) is 3.26. The van der Waals surface area contributed by atoms with Crippen LogP contribution in [0.2, 0.25) is 0 Å². The average Bonchev–Trinajstić information content (AvgIpc) is 2.57. The lowest BCUT2D eigenvalue weighted by molar-refractivity contribution is 0.0684. The highest BCUT2D eigenvalue weighted by Gasteiger charge is 2.20. The third kappa shape index (κ3) is 3.82. The van der Waals surface area contributed by atoms with Gasteiger partial charge in [-0.1, -0.05) is 18.9 Å². The molecule has 5 heteroatoms. The average molecular weight is 339 g/mol. The zero-order valence-corrected chi connectivity index (χ0v) is 14.0. The molecule has 25 heavy (non-hydrogen) atoms. The zero-order chi connectivity index (χ0) is 17.8. The Morgan fingerprint density at radius 2 is 1.80 bits per heavy atom. The van der Waals surface area contributed by atoms with Crippen LogP contribution in [-0.2, 0) is 12.8 Å². The van der Waals surface area contributed by atoms with Crippen molar-refractivity contribution in [2.24, 2.45) is 0 Å². The molecule has 0 radical (unpaired) electrons. The molecule has 0 unspecified atom stereocenters. The SMILES string of the molecule is Nc1ccc2c(c1)CCCCCCc1c(cccc1C(=O)O)OC2=O. The number of aryl methyl sites for hydroxylation is 1. The summed E-state index contributed by atoms with van der Waals surface area (Å²) in [4.78, 5) is 24.2. The molecule has 130 valence electrons. The Kier molecular flexibility index (Phi) is 5.03. The summed E-state index contributed by atoms with van der Waals surface area (Å²) in [7, 11) is 0. The first-order valence-corrected chi connectivity index (χ1v) is 8.52. The van der Waals surface area contributed by atoms with Gasteiger partial charge in [-0.05, 0) is 61.6 Å². The lowest BCUT2D eigenvalue weighted by Crippen LogP contribution is -2.15. The van der Waals surface area contributed by atoms with Gasteiger partial charge in [0.1, 0.15) is 5.75 Å². The summed E-state index contributed by atoms with van der Waals surface area (Å²) in [6.45, 7) is 0. The molecule has 5 nitrogen and oxygen atoms in total. The molecular formula is C20H21NO4. The van der Waals surface area contributed by atoms with E-state index in [0.29, 0.717) is 29.0 Å². The fourth-order valence-corrected chi connectivity index (χ4v) is 3.26. The van der Waals surface area contributed by atoms with Crippen molar-refractivity contribution in [3.8, 4) is 5.75 Å². The van der Waals surface area contributed by atoms with Crippen LogP contribution in [0.5, 0.6) is 5.75 Å². The number of hydrogen-bond acceptors (Lipinski definition) is 4. The van der Waals surface area contributed by atoms with Crippen LogP contribution >= 0.6 is 0 Å². The number of aromatic carboxylic acids is 1. The van der Waals surface area contributed by atoms with Crippen LogP contribution in [0.25, 0.3) is 0 Å². The first kappa shape index (κ1) is 17.0. The molecule has 0 amide bonds. The lowest BCUT2D eigenvalue weighted by Gasteiger charge is -2.16. The van der Waals surface area contributed by atoms with Gasteiger partial charge in [0.05, 0.1) is 11.1 Å². The normalized spacial score (nSPS) is 15.1. The second kappa shape index (κ2) is 7.38. The number of anilines is 1. The van der Waals surface area contributed by atoms with Crippen molar-refractivity contribution in [2.75, 3.05) is 5.73 Å². The van der Waals surface area contributed by atoms with E-state index in [9.17, 15) is 14.7 Å². The van der Waals surface area contributed by atoms with Crippen molar-refractivity contribution >= 4 is 17.6 Å². The third-order valence-electron chi connectivity index (χ3n) is 4.54. The molecule has 2 aromatic carbocycles. The number of carbonyl (C=O) groups excluding carboxylic acids is 1. The van der Waals surface area contributed by atoms with Crippen molar-refractivity contribution in [1.82, 2.24) is 0 Å². The van der Waals surface area contributed by atoms with Crippen molar-refractivity contribution in [2.45, 2.75) is 38.5 Å². The van der Waals surface area contributed by atoms with Gasteiger partial charge in [0, 0.05) is 11.3 Å². The van der Waals surface area contributed by atoms with E-state index in [1.807, 2.05) is 6.07 Å². The van der Waals surface area contributed by atoms with E-state index in [1.54, 1.807) is 30.3 Å². The molecule has 3 N–H and O–H groups in total. The summed E-state index contributed by atoms with van der Waals surface area (Å²) in [5.74, 6) is -1.15. The minimum Gasteiger partial charge on any atom is -0.478 e. The van der Waals surface area contributed by atoms with E-state index in [-0.39, 0.29) is 5.56 Å². The molecule has 2 aromatic rings. The summed E-state index contributed by atoms with van der Waals surface area (Å²) in [5, 5.41) is 9.43. The Bertz CT molecular complexity index is 813. The second-order valence-electron chi connectivity index (χ2n) is 6.31. The van der Waals surface area contributed by atoms with Gasteiger partial charge in [0.25, 0.3) is 0 Å². The molecule has 0 bridgehead atoms. The van der Waals surface area contributed by atoms with Gasteiger partial charge >= 0.3 is 11.9 Å². The predicted molar refractivity (Wildman–Crippen MR) is 95.1 cm³/mol. The second-order valence-corrected chi connectivity index (χ2v) is 6.31. The lowest BCUT2D eigenvalue weighted by atomic mass is 9.96. The molecule has 1 aliphatic rings. The summed E-state index contributed by atoms with van der Waals surface area (Å²) in [6.07, 6.45) is 5.19. The molecule has 1 heterocycles. The molecule has 0 saturated heterocycles. The molecule has 0 saturated carbocycles. The molecule has 0 atom stereocenters. The van der Waals surface area contributed by atoms with E-state index >= 15 is 0 Å². The molecule has 0 aromatic heterocycles. The number of ether oxygens (including phenoxy) is 1. The molecule has 0 fully saturated rings. The number of nitrogens with two attached hydrogens (primary N) is 1. The largest absolute Gasteiger partial charge is 0.478 e. The maximum Gasteiger partial charge on any atom is 0.343 e. The van der Waals surface area contributed by atoms with Crippen LogP contribution in [0, 0.1) is 0 Å². The Morgan fingerprint density at radius 3 is 2.56 bits per heavy atom. The molecular weight excluding hydrogens is 318 g/mol. The van der Waals surface area contributed by atoms with Gasteiger partial charge in [0.15, 0.2) is 0 Å². The minimum absolute atomic E-state index is 0.194. The number of carbonyl (C=O) groups is 2. The van der Waals surface area contributed by atoms with Crippen LogP contribution in [0.3, 0.4) is 0 Å². The van der Waals surface area contributed by atoms with Crippen LogP contribution in [0.4, 0.5) is 5.69 Å². The van der Waals surface area contributed by atoms with Crippen LogP contribution in [0.1, 0.15) is 57.5 Å². The predicted octanol–water partition coefficient (Wildman–Crippen LogP) is 3.85. The van der Waals surface area contributed by atoms with Gasteiger partial charge in [-0.25, -0.2) is 9.59 Å². The summed E-state index contributed by atoms with van der Waals surface area (Å²) in [5.41, 5.74) is 8.62. The smallest absolute Gasteiger partial charge is 0.343 e. The van der Waals surface area contributed by atoms with Gasteiger partial charge in [-0.3, -0.25) is 0 Å². The Balaban J connectivity index is 2.03. The number of carboxylic acid groups (broad SMARTS) is 1. The van der Waals surface area contributed by atoms with E-state index in [0.717, 1.165) is 37.7 Å². The summed E-state index contributed by atoms with van der Waals surface area (Å²) >= 11 is 0. The maximum absolute atomic E-state index is 12.7. The standard InChI is InChI=1S/C20H21NO4/c21-14-10-11-15-13(12-14)6-3-1-2-4-7-16-17(19(22)23)8-5-9-18(16)25-20(15)24/h5,8-12H,1-4,6-7,21H2,(H,22,23). The van der Waals surface area contributed by atoms with Crippen LogP contribution < -0.4 is 10.5 Å². The number of fused-ring (bicyclic) bond motifs is 2. The van der Waals surface area contributed by atoms with Gasteiger partial charge in [-0.2, -0.15) is 0 Å². The quantitative estimate of drug-likeness (QED) is 0.468. The molecule has 0 aliphatic carbocycles. The molecule has 3 rings (SSSR count). The Labute approximate surface area is 146 Å². The topological polar surface area (TPSA) is 89.6 Å². The van der Waals surface area contributed by atoms with Crippen molar-refractivity contribution < 1.29 is 19.4 Å². The highest BCUT2D eigenvalue weighted by molar-refractivity contribution is 5.94. The molecule has 1 aliphatic heterocycles. The van der Waals surface area contributed by atoms with Crippen molar-refractivity contribution in [3.63, 3.8) is 0 Å². The monoisotopic (exact) mass is 339 g/mol. The summed E-state index contributed by atoms with van der Waals surface area (Å²) in [6, 6.07) is 9.99. The highest BCUT2D eigenvalue weighted by atomic mass is 16.5. The third-order valence-corrected chi connectivity index (χ3v) is 4.54. The summed E-state index contributed by atoms with van der Waals surface area (Å²) < 4.78 is 5.58. The van der Waals surface area contributed by atoms with E-state index in [2.05, 4.69) is 0 Å². The number of hydrogen-bond donors (Lipinski definition) is 2. The minimum atomic E-state index is -1.01. The number of carboxylic acids is 1.